The monoisotopic (exact) mass is 325 g/mol. The molecule has 1 unspecified atom stereocenters. The Morgan fingerprint density at radius 3 is 2.83 bits per heavy atom. The Morgan fingerprint density at radius 1 is 1.39 bits per heavy atom. The Hall–Kier alpha value is -0.840. The van der Waals surface area contributed by atoms with Crippen molar-refractivity contribution < 1.29 is 4.74 Å². The van der Waals surface area contributed by atoms with E-state index in [1.54, 1.807) is 18.4 Å². The molecule has 1 atom stereocenters. The summed E-state index contributed by atoms with van der Waals surface area (Å²) in [5.74, 6) is 0.891. The van der Waals surface area contributed by atoms with Gasteiger partial charge in [-0.05, 0) is 51.1 Å². The molecule has 0 aliphatic heterocycles. The largest absolute Gasteiger partial charge is 0.497 e. The molecule has 1 N–H and O–H groups in total. The van der Waals surface area contributed by atoms with E-state index in [0.717, 1.165) is 16.8 Å². The van der Waals surface area contributed by atoms with Gasteiger partial charge < -0.3 is 10.1 Å². The number of thiophene rings is 1. The van der Waals surface area contributed by atoms with Crippen LogP contribution in [0.3, 0.4) is 0 Å². The van der Waals surface area contributed by atoms with E-state index >= 15 is 0 Å². The zero-order chi connectivity index (χ0) is 13.0. The van der Waals surface area contributed by atoms with Crippen LogP contribution in [0.1, 0.15) is 24.1 Å². The molecular formula is C14H16BrNOS. The topological polar surface area (TPSA) is 21.3 Å². The predicted molar refractivity (Wildman–Crippen MR) is 80.5 cm³/mol. The van der Waals surface area contributed by atoms with E-state index in [2.05, 4.69) is 51.1 Å². The molecule has 1 aromatic carbocycles. The molecular weight excluding hydrogens is 310 g/mol. The third-order valence-electron chi connectivity index (χ3n) is 2.79. The molecule has 96 valence electrons. The number of rotatable bonds is 5. The third kappa shape index (κ3) is 2.94. The van der Waals surface area contributed by atoms with Gasteiger partial charge in [0, 0.05) is 9.85 Å². The van der Waals surface area contributed by atoms with Crippen molar-refractivity contribution in [3.63, 3.8) is 0 Å². The highest BCUT2D eigenvalue weighted by Gasteiger charge is 2.16. The molecule has 0 aliphatic rings. The Morgan fingerprint density at radius 2 is 2.22 bits per heavy atom. The molecule has 1 aromatic heterocycles. The van der Waals surface area contributed by atoms with Crippen LogP contribution in [-0.4, -0.2) is 13.7 Å². The summed E-state index contributed by atoms with van der Waals surface area (Å²) in [6, 6.07) is 8.40. The van der Waals surface area contributed by atoms with Crippen molar-refractivity contribution >= 4 is 27.3 Å². The first-order valence-electron chi connectivity index (χ1n) is 5.85. The van der Waals surface area contributed by atoms with Crippen LogP contribution in [0.25, 0.3) is 0 Å². The minimum absolute atomic E-state index is 0.200. The lowest BCUT2D eigenvalue weighted by Gasteiger charge is -2.18. The minimum atomic E-state index is 0.200. The van der Waals surface area contributed by atoms with Gasteiger partial charge in [-0.25, -0.2) is 0 Å². The number of nitrogens with one attached hydrogen (secondary N) is 1. The van der Waals surface area contributed by atoms with Gasteiger partial charge in [-0.1, -0.05) is 19.1 Å². The number of methoxy groups -OCH3 is 1. The number of ether oxygens (including phenoxy) is 1. The van der Waals surface area contributed by atoms with E-state index in [-0.39, 0.29) is 6.04 Å². The molecule has 0 spiro atoms. The maximum absolute atomic E-state index is 5.29. The van der Waals surface area contributed by atoms with Crippen LogP contribution in [-0.2, 0) is 0 Å². The molecule has 0 radical (unpaired) electrons. The van der Waals surface area contributed by atoms with Crippen molar-refractivity contribution in [3.05, 3.63) is 50.6 Å². The molecule has 2 rings (SSSR count). The highest BCUT2D eigenvalue weighted by atomic mass is 79.9. The molecule has 0 bridgehead atoms. The Bertz CT molecular complexity index is 512. The van der Waals surface area contributed by atoms with Gasteiger partial charge >= 0.3 is 0 Å². The summed E-state index contributed by atoms with van der Waals surface area (Å²) in [5.41, 5.74) is 2.49. The maximum atomic E-state index is 5.29. The van der Waals surface area contributed by atoms with E-state index in [1.807, 2.05) is 12.1 Å². The highest BCUT2D eigenvalue weighted by Crippen LogP contribution is 2.32. The lowest BCUT2D eigenvalue weighted by molar-refractivity contribution is 0.413. The van der Waals surface area contributed by atoms with Crippen LogP contribution >= 0.6 is 27.3 Å². The first-order valence-corrected chi connectivity index (χ1v) is 7.58. The molecule has 0 saturated carbocycles. The molecule has 2 aromatic rings. The number of hydrogen-bond donors (Lipinski definition) is 1. The van der Waals surface area contributed by atoms with Crippen LogP contribution in [0.15, 0.2) is 39.5 Å². The maximum Gasteiger partial charge on any atom is 0.119 e. The van der Waals surface area contributed by atoms with Gasteiger partial charge in [0.1, 0.15) is 5.75 Å². The fourth-order valence-corrected chi connectivity index (χ4v) is 3.48. The van der Waals surface area contributed by atoms with Gasteiger partial charge in [0.05, 0.1) is 13.2 Å². The lowest BCUT2D eigenvalue weighted by Crippen LogP contribution is -2.21. The van der Waals surface area contributed by atoms with Gasteiger partial charge in [-0.3, -0.25) is 0 Å². The quantitative estimate of drug-likeness (QED) is 0.888. The summed E-state index contributed by atoms with van der Waals surface area (Å²) in [7, 11) is 1.70. The number of benzene rings is 1. The van der Waals surface area contributed by atoms with Crippen LogP contribution in [0.2, 0.25) is 0 Å². The highest BCUT2D eigenvalue weighted by molar-refractivity contribution is 9.10. The first-order chi connectivity index (χ1) is 8.76. The van der Waals surface area contributed by atoms with Gasteiger partial charge in [0.15, 0.2) is 0 Å². The first kappa shape index (κ1) is 13.6. The number of hydrogen-bond acceptors (Lipinski definition) is 3. The van der Waals surface area contributed by atoms with E-state index in [4.69, 9.17) is 4.74 Å². The molecule has 18 heavy (non-hydrogen) atoms. The molecule has 0 fully saturated rings. The standard InChI is InChI=1S/C14H16BrNOS/c1-3-16-14(12-8-18-9-13(12)15)10-5-4-6-11(7-10)17-2/h4-9,14,16H,3H2,1-2H3. The molecule has 4 heteroatoms. The Kier molecular flexibility index (Phi) is 4.80. The lowest BCUT2D eigenvalue weighted by atomic mass is 10.0. The molecule has 1 heterocycles. The number of halogens is 1. The Labute approximate surface area is 120 Å². The van der Waals surface area contributed by atoms with E-state index in [0.29, 0.717) is 0 Å². The second kappa shape index (κ2) is 6.36. The zero-order valence-electron chi connectivity index (χ0n) is 10.4. The normalized spacial score (nSPS) is 12.4. The predicted octanol–water partition coefficient (Wildman–Crippen LogP) is 4.22. The Balaban J connectivity index is 2.38. The van der Waals surface area contributed by atoms with Crippen molar-refractivity contribution in [2.75, 3.05) is 13.7 Å². The van der Waals surface area contributed by atoms with Crippen LogP contribution in [0, 0.1) is 0 Å². The van der Waals surface area contributed by atoms with Crippen LogP contribution in [0.4, 0.5) is 0 Å². The zero-order valence-corrected chi connectivity index (χ0v) is 12.8. The summed E-state index contributed by atoms with van der Waals surface area (Å²) in [6.45, 7) is 3.04. The van der Waals surface area contributed by atoms with Crippen LogP contribution in [0.5, 0.6) is 5.75 Å². The molecule has 0 saturated heterocycles. The van der Waals surface area contributed by atoms with Crippen molar-refractivity contribution in [2.45, 2.75) is 13.0 Å². The van der Waals surface area contributed by atoms with Gasteiger partial charge in [0.25, 0.3) is 0 Å². The smallest absolute Gasteiger partial charge is 0.119 e. The summed E-state index contributed by atoms with van der Waals surface area (Å²) in [4.78, 5) is 0. The van der Waals surface area contributed by atoms with E-state index < -0.39 is 0 Å². The second-order valence-corrected chi connectivity index (χ2v) is 5.54. The molecule has 0 amide bonds. The summed E-state index contributed by atoms with van der Waals surface area (Å²) in [5, 5.41) is 7.80. The minimum Gasteiger partial charge on any atom is -0.497 e. The summed E-state index contributed by atoms with van der Waals surface area (Å²) < 4.78 is 6.45. The van der Waals surface area contributed by atoms with Gasteiger partial charge in [0.2, 0.25) is 0 Å². The SMILES string of the molecule is CCNC(c1cccc(OC)c1)c1cscc1Br. The average molecular weight is 326 g/mol. The van der Waals surface area contributed by atoms with Crippen LogP contribution < -0.4 is 10.1 Å². The van der Waals surface area contributed by atoms with Crippen molar-refractivity contribution in [1.82, 2.24) is 5.32 Å². The van der Waals surface area contributed by atoms with E-state index in [9.17, 15) is 0 Å². The van der Waals surface area contributed by atoms with E-state index in [1.165, 1.54) is 11.1 Å². The summed E-state index contributed by atoms with van der Waals surface area (Å²) >= 11 is 5.32. The second-order valence-electron chi connectivity index (χ2n) is 3.94. The molecule has 2 nitrogen and oxygen atoms in total. The summed E-state index contributed by atoms with van der Waals surface area (Å²) in [6.07, 6.45) is 0. The van der Waals surface area contributed by atoms with Gasteiger partial charge in [-0.15, -0.1) is 0 Å². The van der Waals surface area contributed by atoms with Crippen molar-refractivity contribution in [1.29, 1.82) is 0 Å². The van der Waals surface area contributed by atoms with Gasteiger partial charge in [-0.2, -0.15) is 11.3 Å². The molecule has 0 aliphatic carbocycles. The third-order valence-corrected chi connectivity index (χ3v) is 4.54. The fourth-order valence-electron chi connectivity index (χ4n) is 1.93. The van der Waals surface area contributed by atoms with Crippen molar-refractivity contribution in [2.24, 2.45) is 0 Å². The average Bonchev–Trinajstić information content (AvgIpc) is 2.82. The fraction of sp³-hybridized carbons (Fsp3) is 0.286. The van der Waals surface area contributed by atoms with Crippen molar-refractivity contribution in [3.8, 4) is 5.75 Å².